The summed E-state index contributed by atoms with van der Waals surface area (Å²) in [6.07, 6.45) is 4.46. The maximum atomic E-state index is 11.9. The lowest BCUT2D eigenvalue weighted by Gasteiger charge is -2.11. The van der Waals surface area contributed by atoms with Crippen molar-refractivity contribution in [3.63, 3.8) is 0 Å². The minimum atomic E-state index is -0.198. The Kier molecular flexibility index (Phi) is 4.65. The van der Waals surface area contributed by atoms with Gasteiger partial charge in [-0.05, 0) is 20.2 Å². The summed E-state index contributed by atoms with van der Waals surface area (Å²) >= 11 is 6.12. The van der Waals surface area contributed by atoms with Crippen molar-refractivity contribution < 1.29 is 4.79 Å². The Labute approximate surface area is 121 Å². The Morgan fingerprint density at radius 3 is 2.70 bits per heavy atom. The largest absolute Gasteiger partial charge is 0.351 e. The number of likely N-dealkylation sites (N-methyl/N-ethyl adjacent to an activating group) is 1. The van der Waals surface area contributed by atoms with Gasteiger partial charge in [0.05, 0.1) is 10.6 Å². The van der Waals surface area contributed by atoms with Crippen LogP contribution in [0.4, 0.5) is 0 Å². The van der Waals surface area contributed by atoms with Crippen LogP contribution >= 0.6 is 11.6 Å². The first-order valence-electron chi connectivity index (χ1n) is 6.01. The number of aromatic nitrogens is 4. The molecule has 0 spiro atoms. The number of halogens is 1. The van der Waals surface area contributed by atoms with Crippen LogP contribution in [0.2, 0.25) is 5.02 Å². The van der Waals surface area contributed by atoms with E-state index >= 15 is 0 Å². The summed E-state index contributed by atoms with van der Waals surface area (Å²) in [6.45, 7) is 1.34. The highest BCUT2D eigenvalue weighted by atomic mass is 35.5. The topological polar surface area (TPSA) is 75.9 Å². The van der Waals surface area contributed by atoms with Crippen LogP contribution in [0, 0.1) is 0 Å². The van der Waals surface area contributed by atoms with E-state index in [2.05, 4.69) is 20.5 Å². The molecular formula is C12H15ClN6O. The van der Waals surface area contributed by atoms with Crippen molar-refractivity contribution in [2.24, 2.45) is 0 Å². The van der Waals surface area contributed by atoms with Gasteiger partial charge in [0.15, 0.2) is 5.82 Å². The van der Waals surface area contributed by atoms with E-state index in [1.165, 1.54) is 18.9 Å². The van der Waals surface area contributed by atoms with Gasteiger partial charge in [-0.25, -0.2) is 4.98 Å². The van der Waals surface area contributed by atoms with Crippen LogP contribution in [0.15, 0.2) is 24.9 Å². The third kappa shape index (κ3) is 3.52. The lowest BCUT2D eigenvalue weighted by molar-refractivity contribution is 0.0950. The molecule has 0 saturated heterocycles. The molecule has 0 saturated carbocycles. The van der Waals surface area contributed by atoms with E-state index in [0.717, 1.165) is 6.54 Å². The molecule has 0 aromatic carbocycles. The quantitative estimate of drug-likeness (QED) is 0.874. The summed E-state index contributed by atoms with van der Waals surface area (Å²) in [5.74, 6) is 0.290. The van der Waals surface area contributed by atoms with Crippen molar-refractivity contribution >= 4 is 17.5 Å². The second kappa shape index (κ2) is 6.44. The number of rotatable bonds is 5. The van der Waals surface area contributed by atoms with Gasteiger partial charge in [-0.3, -0.25) is 9.36 Å². The molecule has 0 atom stereocenters. The lowest BCUT2D eigenvalue weighted by atomic mass is 10.2. The highest BCUT2D eigenvalue weighted by Crippen LogP contribution is 2.18. The number of pyridine rings is 1. The Hall–Kier alpha value is -1.99. The van der Waals surface area contributed by atoms with Gasteiger partial charge in [0.25, 0.3) is 5.91 Å². The second-order valence-electron chi connectivity index (χ2n) is 4.46. The fourth-order valence-corrected chi connectivity index (χ4v) is 1.81. The molecule has 0 bridgehead atoms. The van der Waals surface area contributed by atoms with E-state index in [0.29, 0.717) is 22.9 Å². The van der Waals surface area contributed by atoms with Gasteiger partial charge >= 0.3 is 0 Å². The van der Waals surface area contributed by atoms with Gasteiger partial charge in [0.2, 0.25) is 0 Å². The van der Waals surface area contributed by atoms with Gasteiger partial charge in [0.1, 0.15) is 12.7 Å². The molecule has 7 nitrogen and oxygen atoms in total. The molecule has 106 valence electrons. The van der Waals surface area contributed by atoms with Crippen LogP contribution in [0.3, 0.4) is 0 Å². The predicted molar refractivity (Wildman–Crippen MR) is 75.1 cm³/mol. The molecule has 1 N–H and O–H groups in total. The third-order valence-electron chi connectivity index (χ3n) is 2.59. The number of nitrogens with zero attached hydrogens (tertiary/aromatic N) is 5. The molecule has 1 amide bonds. The Bertz CT molecular complexity index is 584. The van der Waals surface area contributed by atoms with Crippen LogP contribution in [-0.4, -0.2) is 57.7 Å². The maximum Gasteiger partial charge on any atom is 0.252 e. The zero-order valence-electron chi connectivity index (χ0n) is 11.2. The molecule has 0 radical (unpaired) electrons. The summed E-state index contributed by atoms with van der Waals surface area (Å²) in [6, 6.07) is 1.58. The van der Waals surface area contributed by atoms with Crippen molar-refractivity contribution in [2.75, 3.05) is 27.2 Å². The summed E-state index contributed by atoms with van der Waals surface area (Å²) in [5.41, 5.74) is 0.422. The average molecular weight is 295 g/mol. The summed E-state index contributed by atoms with van der Waals surface area (Å²) < 4.78 is 1.58. The van der Waals surface area contributed by atoms with Gasteiger partial charge in [-0.1, -0.05) is 11.6 Å². The zero-order chi connectivity index (χ0) is 14.5. The van der Waals surface area contributed by atoms with Crippen LogP contribution in [-0.2, 0) is 0 Å². The van der Waals surface area contributed by atoms with Crippen LogP contribution in [0.1, 0.15) is 10.4 Å². The van der Waals surface area contributed by atoms with Crippen molar-refractivity contribution in [3.8, 4) is 5.82 Å². The number of nitrogens with one attached hydrogen (secondary N) is 1. The number of hydrogen-bond acceptors (Lipinski definition) is 5. The van der Waals surface area contributed by atoms with E-state index in [1.807, 2.05) is 19.0 Å². The molecule has 0 aliphatic heterocycles. The Morgan fingerprint density at radius 1 is 1.40 bits per heavy atom. The van der Waals surface area contributed by atoms with E-state index in [4.69, 9.17) is 11.6 Å². The molecule has 2 aromatic rings. The Morgan fingerprint density at radius 2 is 2.10 bits per heavy atom. The standard InChI is InChI=1S/C12H15ClN6O/c1-18(2)4-3-14-12(20)9-5-10(13)11(15-6-9)19-7-16-17-8-19/h5-8H,3-4H2,1-2H3,(H,14,20). The fourth-order valence-electron chi connectivity index (χ4n) is 1.55. The smallest absolute Gasteiger partial charge is 0.252 e. The predicted octanol–water partition coefficient (Wildman–Crippen LogP) is 0.607. The molecule has 0 aliphatic carbocycles. The highest BCUT2D eigenvalue weighted by Gasteiger charge is 2.11. The van der Waals surface area contributed by atoms with Gasteiger partial charge in [0, 0.05) is 19.3 Å². The first-order chi connectivity index (χ1) is 9.58. The molecule has 8 heteroatoms. The van der Waals surface area contributed by atoms with Crippen molar-refractivity contribution in [3.05, 3.63) is 35.5 Å². The third-order valence-corrected chi connectivity index (χ3v) is 2.87. The minimum absolute atomic E-state index is 0.198. The molecule has 0 aliphatic rings. The molecule has 0 unspecified atom stereocenters. The summed E-state index contributed by atoms with van der Waals surface area (Å²) in [4.78, 5) is 18.1. The first-order valence-corrected chi connectivity index (χ1v) is 6.39. The minimum Gasteiger partial charge on any atom is -0.351 e. The molecule has 0 fully saturated rings. The highest BCUT2D eigenvalue weighted by molar-refractivity contribution is 6.32. The van der Waals surface area contributed by atoms with Crippen molar-refractivity contribution in [2.45, 2.75) is 0 Å². The number of amides is 1. The van der Waals surface area contributed by atoms with E-state index in [9.17, 15) is 4.79 Å². The number of hydrogen-bond donors (Lipinski definition) is 1. The van der Waals surface area contributed by atoms with E-state index < -0.39 is 0 Å². The molecule has 20 heavy (non-hydrogen) atoms. The fraction of sp³-hybridized carbons (Fsp3) is 0.333. The number of carbonyl (C=O) groups excluding carboxylic acids is 1. The van der Waals surface area contributed by atoms with Crippen LogP contribution in [0.25, 0.3) is 5.82 Å². The zero-order valence-corrected chi connectivity index (χ0v) is 12.0. The van der Waals surface area contributed by atoms with Crippen LogP contribution in [0.5, 0.6) is 0 Å². The molecule has 2 rings (SSSR count). The SMILES string of the molecule is CN(C)CCNC(=O)c1cnc(-n2cnnc2)c(Cl)c1. The molecule has 2 heterocycles. The van der Waals surface area contributed by atoms with Gasteiger partial charge in [-0.2, -0.15) is 0 Å². The Balaban J connectivity index is 2.07. The van der Waals surface area contributed by atoms with E-state index in [1.54, 1.807) is 10.6 Å². The second-order valence-corrected chi connectivity index (χ2v) is 4.86. The van der Waals surface area contributed by atoms with Crippen LogP contribution < -0.4 is 5.32 Å². The van der Waals surface area contributed by atoms with Crippen molar-refractivity contribution in [1.29, 1.82) is 0 Å². The maximum absolute atomic E-state index is 11.9. The average Bonchev–Trinajstić information content (AvgIpc) is 2.91. The monoisotopic (exact) mass is 294 g/mol. The first kappa shape index (κ1) is 14.4. The summed E-state index contributed by atoms with van der Waals surface area (Å²) in [7, 11) is 3.89. The van der Waals surface area contributed by atoms with Gasteiger partial charge < -0.3 is 10.2 Å². The summed E-state index contributed by atoms with van der Waals surface area (Å²) in [5, 5.41) is 10.5. The van der Waals surface area contributed by atoms with E-state index in [-0.39, 0.29) is 5.91 Å². The molecule has 2 aromatic heterocycles. The molecular weight excluding hydrogens is 280 g/mol. The van der Waals surface area contributed by atoms with Crippen molar-refractivity contribution in [1.82, 2.24) is 30.0 Å². The lowest BCUT2D eigenvalue weighted by Crippen LogP contribution is -2.31. The van der Waals surface area contributed by atoms with Gasteiger partial charge in [-0.15, -0.1) is 10.2 Å². The number of carbonyl (C=O) groups is 1. The normalized spacial score (nSPS) is 10.8.